The van der Waals surface area contributed by atoms with E-state index in [0.717, 1.165) is 12.0 Å². The number of rotatable bonds is 5. The molecule has 0 aliphatic carbocycles. The Kier molecular flexibility index (Phi) is 4.50. The molecule has 1 heterocycles. The molecule has 0 unspecified atom stereocenters. The summed E-state index contributed by atoms with van der Waals surface area (Å²) in [5, 5.41) is 0. The van der Waals surface area contributed by atoms with E-state index in [2.05, 4.69) is 22.4 Å². The fraction of sp³-hybridized carbons (Fsp3) is 0.273. The molecule has 2 N–H and O–H groups in total. The van der Waals surface area contributed by atoms with Crippen LogP contribution in [0, 0.1) is 0 Å². The molecule has 1 aromatic heterocycles. The minimum Gasteiger partial charge on any atom is -0.291 e. The molecule has 0 saturated carbocycles. The summed E-state index contributed by atoms with van der Waals surface area (Å²) in [6.45, 7) is 5.14. The Labute approximate surface area is 89.4 Å². The topological polar surface area (TPSA) is 54.0 Å². The van der Waals surface area contributed by atoms with Gasteiger partial charge in [0.25, 0.3) is 0 Å². The van der Waals surface area contributed by atoms with Crippen molar-refractivity contribution in [3.05, 3.63) is 42.7 Å². The number of carbonyl (C=O) groups excluding carboxylic acids is 1. The Bertz CT molecular complexity index is 324. The molecule has 4 heteroatoms. The van der Waals surface area contributed by atoms with Crippen LogP contribution in [0.1, 0.15) is 24.9 Å². The standard InChI is InChI=1S/C11H15N3O/c1-3-5-11(14-13-9(2)15)10-6-4-7-12-8-10/h3-4,6-8,11,14H,1,5H2,2H3,(H,13,15)/t11-/m1/s1. The fourth-order valence-corrected chi connectivity index (χ4v) is 1.22. The van der Waals surface area contributed by atoms with Gasteiger partial charge in [-0.1, -0.05) is 12.1 Å². The number of amides is 1. The first-order valence-corrected chi connectivity index (χ1v) is 4.77. The number of aromatic nitrogens is 1. The smallest absolute Gasteiger partial charge is 0.230 e. The zero-order valence-electron chi connectivity index (χ0n) is 8.73. The van der Waals surface area contributed by atoms with Crippen LogP contribution < -0.4 is 10.9 Å². The maximum atomic E-state index is 10.8. The number of hydrazine groups is 1. The fourth-order valence-electron chi connectivity index (χ4n) is 1.22. The number of pyridine rings is 1. The van der Waals surface area contributed by atoms with Crippen LogP contribution in [-0.2, 0) is 4.79 Å². The Hall–Kier alpha value is -1.68. The zero-order chi connectivity index (χ0) is 11.1. The molecule has 0 saturated heterocycles. The van der Waals surface area contributed by atoms with Crippen LogP contribution in [0.2, 0.25) is 0 Å². The first-order chi connectivity index (χ1) is 7.24. The highest BCUT2D eigenvalue weighted by molar-refractivity contribution is 5.72. The number of nitrogens with one attached hydrogen (secondary N) is 2. The van der Waals surface area contributed by atoms with Gasteiger partial charge in [-0.3, -0.25) is 15.2 Å². The third-order valence-electron chi connectivity index (χ3n) is 1.91. The van der Waals surface area contributed by atoms with Gasteiger partial charge in [-0.25, -0.2) is 5.43 Å². The Morgan fingerprint density at radius 3 is 3.07 bits per heavy atom. The molecule has 1 rings (SSSR count). The molecule has 1 atom stereocenters. The van der Waals surface area contributed by atoms with Crippen molar-refractivity contribution in [3.63, 3.8) is 0 Å². The maximum Gasteiger partial charge on any atom is 0.230 e. The second kappa shape index (κ2) is 5.93. The molecule has 1 amide bonds. The van der Waals surface area contributed by atoms with Crippen LogP contribution in [0.3, 0.4) is 0 Å². The van der Waals surface area contributed by atoms with Crippen molar-refractivity contribution in [2.24, 2.45) is 0 Å². The van der Waals surface area contributed by atoms with Crippen LogP contribution in [-0.4, -0.2) is 10.9 Å². The first kappa shape index (κ1) is 11.4. The highest BCUT2D eigenvalue weighted by Gasteiger charge is 2.09. The third kappa shape index (κ3) is 3.91. The van der Waals surface area contributed by atoms with E-state index in [-0.39, 0.29) is 11.9 Å². The SMILES string of the molecule is C=CC[C@@H](NNC(C)=O)c1cccnc1. The second-order valence-corrected chi connectivity index (χ2v) is 3.19. The monoisotopic (exact) mass is 205 g/mol. The van der Waals surface area contributed by atoms with Gasteiger partial charge in [-0.15, -0.1) is 6.58 Å². The van der Waals surface area contributed by atoms with Gasteiger partial charge in [0.2, 0.25) is 5.91 Å². The molecule has 0 aromatic carbocycles. The Morgan fingerprint density at radius 2 is 2.53 bits per heavy atom. The van der Waals surface area contributed by atoms with E-state index in [0.29, 0.717) is 0 Å². The third-order valence-corrected chi connectivity index (χ3v) is 1.91. The average molecular weight is 205 g/mol. The lowest BCUT2D eigenvalue weighted by molar-refractivity contribution is -0.120. The second-order valence-electron chi connectivity index (χ2n) is 3.19. The highest BCUT2D eigenvalue weighted by Crippen LogP contribution is 2.14. The molecule has 0 aliphatic heterocycles. The van der Waals surface area contributed by atoms with Gasteiger partial charge >= 0.3 is 0 Å². The summed E-state index contributed by atoms with van der Waals surface area (Å²) < 4.78 is 0. The van der Waals surface area contributed by atoms with E-state index in [1.54, 1.807) is 18.5 Å². The number of nitrogens with zero attached hydrogens (tertiary/aromatic N) is 1. The average Bonchev–Trinajstić information content (AvgIpc) is 2.25. The van der Waals surface area contributed by atoms with Crippen LogP contribution in [0.25, 0.3) is 0 Å². The first-order valence-electron chi connectivity index (χ1n) is 4.77. The van der Waals surface area contributed by atoms with Gasteiger partial charge in [0, 0.05) is 19.3 Å². The van der Waals surface area contributed by atoms with Crippen LogP contribution in [0.5, 0.6) is 0 Å². The summed E-state index contributed by atoms with van der Waals surface area (Å²) >= 11 is 0. The van der Waals surface area contributed by atoms with Crippen LogP contribution >= 0.6 is 0 Å². The van der Waals surface area contributed by atoms with Gasteiger partial charge in [0.1, 0.15) is 0 Å². The number of carbonyl (C=O) groups is 1. The van der Waals surface area contributed by atoms with Crippen molar-refractivity contribution < 1.29 is 4.79 Å². The molecule has 4 nitrogen and oxygen atoms in total. The molecule has 1 aromatic rings. The minimum atomic E-state index is -0.118. The molecule has 0 aliphatic rings. The molecule has 80 valence electrons. The summed E-state index contributed by atoms with van der Waals surface area (Å²) in [6.07, 6.45) is 6.01. The van der Waals surface area contributed by atoms with Crippen molar-refractivity contribution in [2.75, 3.05) is 0 Å². The molecule has 0 spiro atoms. The van der Waals surface area contributed by atoms with Gasteiger partial charge < -0.3 is 0 Å². The summed E-state index contributed by atoms with van der Waals surface area (Å²) in [7, 11) is 0. The Balaban J connectivity index is 2.65. The van der Waals surface area contributed by atoms with E-state index >= 15 is 0 Å². The quantitative estimate of drug-likeness (QED) is 0.563. The van der Waals surface area contributed by atoms with Crippen molar-refractivity contribution in [3.8, 4) is 0 Å². The minimum absolute atomic E-state index is 0.0140. The van der Waals surface area contributed by atoms with Crippen molar-refractivity contribution in [1.82, 2.24) is 15.8 Å². The van der Waals surface area contributed by atoms with Gasteiger partial charge in [0.05, 0.1) is 6.04 Å². The van der Waals surface area contributed by atoms with E-state index in [9.17, 15) is 4.79 Å². The van der Waals surface area contributed by atoms with Gasteiger partial charge in [0.15, 0.2) is 0 Å². The van der Waals surface area contributed by atoms with Crippen molar-refractivity contribution in [2.45, 2.75) is 19.4 Å². The van der Waals surface area contributed by atoms with E-state index in [4.69, 9.17) is 0 Å². The predicted molar refractivity (Wildman–Crippen MR) is 58.7 cm³/mol. The molecule has 0 radical (unpaired) electrons. The molecular weight excluding hydrogens is 190 g/mol. The van der Waals surface area contributed by atoms with Crippen LogP contribution in [0.15, 0.2) is 37.2 Å². The lowest BCUT2D eigenvalue weighted by atomic mass is 10.1. The maximum absolute atomic E-state index is 10.8. The lowest BCUT2D eigenvalue weighted by Gasteiger charge is -2.16. The van der Waals surface area contributed by atoms with Gasteiger partial charge in [-0.2, -0.15) is 0 Å². The number of hydrogen-bond donors (Lipinski definition) is 2. The number of hydrogen-bond acceptors (Lipinski definition) is 3. The summed E-state index contributed by atoms with van der Waals surface area (Å²) in [6, 6.07) is 3.83. The molecule has 0 bridgehead atoms. The van der Waals surface area contributed by atoms with E-state index in [1.807, 2.05) is 12.1 Å². The highest BCUT2D eigenvalue weighted by atomic mass is 16.2. The molecule has 15 heavy (non-hydrogen) atoms. The summed E-state index contributed by atoms with van der Waals surface area (Å²) in [5.41, 5.74) is 6.51. The van der Waals surface area contributed by atoms with Crippen LogP contribution in [0.4, 0.5) is 0 Å². The van der Waals surface area contributed by atoms with Crippen molar-refractivity contribution in [1.29, 1.82) is 0 Å². The molecule has 0 fully saturated rings. The predicted octanol–water partition coefficient (Wildman–Crippen LogP) is 1.34. The molecular formula is C11H15N3O. The largest absolute Gasteiger partial charge is 0.291 e. The Morgan fingerprint density at radius 1 is 1.73 bits per heavy atom. The van der Waals surface area contributed by atoms with Crippen molar-refractivity contribution >= 4 is 5.91 Å². The zero-order valence-corrected chi connectivity index (χ0v) is 8.73. The van der Waals surface area contributed by atoms with Gasteiger partial charge in [-0.05, 0) is 18.1 Å². The summed E-state index contributed by atoms with van der Waals surface area (Å²) in [5.74, 6) is -0.118. The summed E-state index contributed by atoms with van der Waals surface area (Å²) in [4.78, 5) is 14.8. The van der Waals surface area contributed by atoms with E-state index < -0.39 is 0 Å². The lowest BCUT2D eigenvalue weighted by Crippen LogP contribution is -2.38. The van der Waals surface area contributed by atoms with E-state index in [1.165, 1.54) is 6.92 Å². The normalized spacial score (nSPS) is 11.8.